The summed E-state index contributed by atoms with van der Waals surface area (Å²) in [5.41, 5.74) is 5.22. The number of aromatic nitrogens is 6. The molecule has 43 heavy (non-hydrogen) atoms. The predicted octanol–water partition coefficient (Wildman–Crippen LogP) is 5.00. The van der Waals surface area contributed by atoms with Crippen molar-refractivity contribution < 1.29 is 9.59 Å². The smallest absolute Gasteiger partial charge is 0.327 e. The number of nitrogens with zero attached hydrogens (tertiary/aromatic N) is 7. The maximum absolute atomic E-state index is 12.3. The van der Waals surface area contributed by atoms with Gasteiger partial charge in [0, 0.05) is 29.4 Å². The van der Waals surface area contributed by atoms with Crippen LogP contribution in [-0.4, -0.2) is 41.9 Å². The number of pyridine rings is 1. The molecule has 0 aliphatic rings. The van der Waals surface area contributed by atoms with E-state index >= 15 is 0 Å². The third kappa shape index (κ3) is 7.78. The van der Waals surface area contributed by atoms with Gasteiger partial charge in [-0.05, 0) is 38.1 Å². The minimum Gasteiger partial charge on any atom is -0.339 e. The van der Waals surface area contributed by atoms with Gasteiger partial charge in [0.15, 0.2) is 11.0 Å². The molecule has 3 heterocycles. The fourth-order valence-corrected chi connectivity index (χ4v) is 4.63. The Labute approximate surface area is 251 Å². The monoisotopic (exact) mass is 590 g/mol. The van der Waals surface area contributed by atoms with Crippen molar-refractivity contribution in [3.63, 3.8) is 0 Å². The van der Waals surface area contributed by atoms with Gasteiger partial charge < -0.3 is 5.32 Å². The molecule has 3 amide bonds. The highest BCUT2D eigenvalue weighted by Crippen LogP contribution is 2.31. The van der Waals surface area contributed by atoms with Gasteiger partial charge >= 0.3 is 6.03 Å². The highest BCUT2D eigenvalue weighted by Gasteiger charge is 2.18. The van der Waals surface area contributed by atoms with Gasteiger partial charge in [0.25, 0.3) is 0 Å². The van der Waals surface area contributed by atoms with Gasteiger partial charge in [-0.2, -0.15) is 5.26 Å². The molecule has 5 aromatic rings. The molecule has 0 unspecified atom stereocenters. The lowest BCUT2D eigenvalue weighted by Gasteiger charge is -2.13. The van der Waals surface area contributed by atoms with Crippen molar-refractivity contribution >= 4 is 41.0 Å². The van der Waals surface area contributed by atoms with Crippen molar-refractivity contribution in [2.45, 2.75) is 31.3 Å². The van der Waals surface area contributed by atoms with Crippen molar-refractivity contribution in [1.29, 1.82) is 5.26 Å². The third-order valence-corrected chi connectivity index (χ3v) is 6.92. The molecule has 0 spiro atoms. The number of amides is 3. The molecule has 0 atom stereocenters. The van der Waals surface area contributed by atoms with Crippen LogP contribution in [0.4, 0.5) is 22.1 Å². The molecule has 0 aliphatic carbocycles. The number of imide groups is 1. The molecule has 2 aromatic carbocycles. The van der Waals surface area contributed by atoms with E-state index < -0.39 is 11.9 Å². The number of benzene rings is 2. The third-order valence-electron chi connectivity index (χ3n) is 6.04. The maximum atomic E-state index is 12.3. The summed E-state index contributed by atoms with van der Waals surface area (Å²) in [7, 11) is 0. The molecular formula is C30H26N10O2S. The van der Waals surface area contributed by atoms with Gasteiger partial charge in [-0.1, -0.05) is 70.6 Å². The Morgan fingerprint density at radius 2 is 1.72 bits per heavy atom. The van der Waals surface area contributed by atoms with Crippen LogP contribution in [0.25, 0.3) is 11.3 Å². The summed E-state index contributed by atoms with van der Waals surface area (Å²) in [5, 5.41) is 26.6. The van der Waals surface area contributed by atoms with Crippen LogP contribution < -0.4 is 16.0 Å². The molecule has 3 aromatic heterocycles. The Kier molecular flexibility index (Phi) is 8.99. The fraction of sp³-hybridized carbons (Fsp3) is 0.133. The molecule has 0 saturated carbocycles. The zero-order valence-electron chi connectivity index (χ0n) is 23.3. The summed E-state index contributed by atoms with van der Waals surface area (Å²) >= 11 is 1.32. The molecule has 0 radical (unpaired) electrons. The van der Waals surface area contributed by atoms with E-state index in [2.05, 4.69) is 42.3 Å². The van der Waals surface area contributed by atoms with Crippen molar-refractivity contribution in [2.24, 2.45) is 0 Å². The summed E-state index contributed by atoms with van der Waals surface area (Å²) in [4.78, 5) is 37.7. The summed E-state index contributed by atoms with van der Waals surface area (Å²) in [5.74, 6) is 0.497. The maximum Gasteiger partial charge on any atom is 0.327 e. The molecule has 13 heteroatoms. The Bertz CT molecular complexity index is 1780. The van der Waals surface area contributed by atoms with Crippen LogP contribution in [0.3, 0.4) is 0 Å². The topological polar surface area (TPSA) is 163 Å². The quantitative estimate of drug-likeness (QED) is 0.157. The number of nitrogens with one attached hydrogen (secondary N) is 3. The molecule has 5 rings (SSSR count). The molecule has 0 bridgehead atoms. The largest absolute Gasteiger partial charge is 0.339 e. The zero-order valence-corrected chi connectivity index (χ0v) is 24.1. The number of hydrogen-bond donors (Lipinski definition) is 3. The number of urea groups is 1. The van der Waals surface area contributed by atoms with Crippen LogP contribution in [0, 0.1) is 25.2 Å². The first-order valence-electron chi connectivity index (χ1n) is 13.1. The Morgan fingerprint density at radius 3 is 2.42 bits per heavy atom. The number of carbonyl (C=O) groups excluding carboxylic acids is 2. The van der Waals surface area contributed by atoms with E-state index in [0.717, 1.165) is 22.4 Å². The van der Waals surface area contributed by atoms with Crippen molar-refractivity contribution in [2.75, 3.05) is 10.6 Å². The van der Waals surface area contributed by atoms with E-state index in [1.807, 2.05) is 62.4 Å². The number of rotatable bonds is 9. The fourth-order valence-electron chi connectivity index (χ4n) is 3.91. The van der Waals surface area contributed by atoms with Gasteiger partial charge in [0.2, 0.25) is 5.91 Å². The molecular weight excluding hydrogens is 564 g/mol. The van der Waals surface area contributed by atoms with Crippen LogP contribution in [0.5, 0.6) is 0 Å². The highest BCUT2D eigenvalue weighted by molar-refractivity contribution is 7.98. The Morgan fingerprint density at radius 1 is 0.977 bits per heavy atom. The van der Waals surface area contributed by atoms with E-state index in [1.54, 1.807) is 24.4 Å². The Hall–Kier alpha value is -5.61. The molecule has 0 aliphatic heterocycles. The van der Waals surface area contributed by atoms with E-state index in [4.69, 9.17) is 4.98 Å². The molecule has 214 valence electrons. The molecule has 0 saturated heterocycles. The summed E-state index contributed by atoms with van der Waals surface area (Å²) < 4.78 is 1.33. The second-order valence-electron chi connectivity index (χ2n) is 9.46. The molecule has 3 N–H and O–H groups in total. The van der Waals surface area contributed by atoms with E-state index in [9.17, 15) is 14.9 Å². The van der Waals surface area contributed by atoms with Crippen molar-refractivity contribution in [3.05, 3.63) is 102 Å². The van der Waals surface area contributed by atoms with Gasteiger partial charge in [-0.3, -0.25) is 15.4 Å². The predicted molar refractivity (Wildman–Crippen MR) is 162 cm³/mol. The second kappa shape index (κ2) is 13.4. The number of nitriles is 1. The first kappa shape index (κ1) is 28.9. The lowest BCUT2D eigenvalue weighted by molar-refractivity contribution is -0.120. The van der Waals surface area contributed by atoms with Crippen LogP contribution in [0.2, 0.25) is 0 Å². The minimum absolute atomic E-state index is 0.205. The van der Waals surface area contributed by atoms with Gasteiger partial charge in [0.05, 0.1) is 11.4 Å². The lowest BCUT2D eigenvalue weighted by Crippen LogP contribution is -2.36. The average Bonchev–Trinajstić information content (AvgIpc) is 3.44. The first-order chi connectivity index (χ1) is 20.9. The van der Waals surface area contributed by atoms with Crippen LogP contribution in [-0.2, 0) is 17.1 Å². The van der Waals surface area contributed by atoms with Gasteiger partial charge in [0.1, 0.15) is 24.0 Å². The highest BCUT2D eigenvalue weighted by atomic mass is 32.2. The van der Waals surface area contributed by atoms with Crippen LogP contribution in [0.1, 0.15) is 22.4 Å². The number of thioether (sulfide) groups is 1. The summed E-state index contributed by atoms with van der Waals surface area (Å²) in [6.45, 7) is 3.79. The Balaban J connectivity index is 1.29. The first-order valence-corrected chi connectivity index (χ1v) is 14.1. The van der Waals surface area contributed by atoms with E-state index in [1.165, 1.54) is 22.6 Å². The zero-order chi connectivity index (χ0) is 30.2. The van der Waals surface area contributed by atoms with Gasteiger partial charge in [-0.15, -0.1) is 5.10 Å². The standard InChI is InChI=1S/C30H26N10O2S/c1-19-6-10-21(11-7-19)27-24(15-31)28(33-22-12-8-20(2)9-13-22)37-30(36-27)43-18-23-16-40(39-38-23)17-26(41)35-29(42)34-25-5-3-4-14-32-25/h3-14,16H,17-18H2,1-2H3,(H,33,36,37)(H2,32,34,35,41,42). The summed E-state index contributed by atoms with van der Waals surface area (Å²) in [6, 6.07) is 22.2. The van der Waals surface area contributed by atoms with Crippen molar-refractivity contribution in [3.8, 4) is 17.3 Å². The van der Waals surface area contributed by atoms with Crippen LogP contribution >= 0.6 is 11.8 Å². The van der Waals surface area contributed by atoms with Crippen LogP contribution in [0.15, 0.2) is 84.3 Å². The number of aryl methyl sites for hydroxylation is 2. The molecule has 0 fully saturated rings. The average molecular weight is 591 g/mol. The lowest BCUT2D eigenvalue weighted by atomic mass is 10.1. The molecule has 12 nitrogen and oxygen atoms in total. The summed E-state index contributed by atoms with van der Waals surface area (Å²) in [6.07, 6.45) is 3.14. The SMILES string of the molecule is Cc1ccc(Nc2nc(SCc3cn(CC(=O)NC(=O)Nc4ccccn4)nn3)nc(-c3ccc(C)cc3)c2C#N)cc1. The number of hydrogen-bond acceptors (Lipinski definition) is 10. The van der Waals surface area contributed by atoms with Crippen molar-refractivity contribution in [1.82, 2.24) is 35.3 Å². The minimum atomic E-state index is -0.697. The number of anilines is 3. The number of carbonyl (C=O) groups is 2. The van der Waals surface area contributed by atoms with E-state index in [0.29, 0.717) is 39.5 Å². The van der Waals surface area contributed by atoms with E-state index in [-0.39, 0.29) is 6.54 Å². The van der Waals surface area contributed by atoms with Gasteiger partial charge in [-0.25, -0.2) is 24.4 Å². The second-order valence-corrected chi connectivity index (χ2v) is 10.4. The normalized spacial score (nSPS) is 10.5.